The Morgan fingerprint density at radius 1 is 1.12 bits per heavy atom. The van der Waals surface area contributed by atoms with Gasteiger partial charge in [0.15, 0.2) is 5.78 Å². The van der Waals surface area contributed by atoms with Crippen LogP contribution in [-0.2, 0) is 16.1 Å². The standard InChI is InChI=1S/C24H23N5O2S/c30-21-13-23(31)32-22(21)12-17-9-10-25-24(28-17)29-11-3-5-19(15-29)26-14-18-8-7-16-4-1-2-6-20(16)27-18/h1-2,4,6-10,12,19,26H,3,5,11,13-15H2/b22-12-/t19-/m0/s1. The molecule has 1 aromatic carbocycles. The normalized spacial score (nSPS) is 20.4. The van der Waals surface area contributed by atoms with E-state index in [1.165, 1.54) is 0 Å². The lowest BCUT2D eigenvalue weighted by molar-refractivity contribution is -0.119. The van der Waals surface area contributed by atoms with Crippen molar-refractivity contribution in [2.75, 3.05) is 18.0 Å². The van der Waals surface area contributed by atoms with Crippen molar-refractivity contribution in [1.29, 1.82) is 0 Å². The number of para-hydroxylation sites is 1. The molecule has 0 unspecified atom stereocenters. The lowest BCUT2D eigenvalue weighted by Gasteiger charge is -2.33. The van der Waals surface area contributed by atoms with Crippen LogP contribution >= 0.6 is 11.8 Å². The quantitative estimate of drug-likeness (QED) is 0.473. The molecule has 2 aliphatic heterocycles. The summed E-state index contributed by atoms with van der Waals surface area (Å²) in [5.41, 5.74) is 2.69. The van der Waals surface area contributed by atoms with Crippen LogP contribution < -0.4 is 10.2 Å². The summed E-state index contributed by atoms with van der Waals surface area (Å²) >= 11 is 0.998. The first-order valence-corrected chi connectivity index (χ1v) is 11.6. The van der Waals surface area contributed by atoms with Crippen molar-refractivity contribution < 1.29 is 9.59 Å². The highest BCUT2D eigenvalue weighted by Crippen LogP contribution is 2.30. The van der Waals surface area contributed by atoms with Crippen LogP contribution in [-0.4, -0.2) is 45.0 Å². The number of pyridine rings is 1. The van der Waals surface area contributed by atoms with E-state index in [0.717, 1.165) is 54.3 Å². The molecule has 0 amide bonds. The zero-order chi connectivity index (χ0) is 21.9. The van der Waals surface area contributed by atoms with Crippen LogP contribution in [0.5, 0.6) is 0 Å². The van der Waals surface area contributed by atoms with Gasteiger partial charge in [0.05, 0.1) is 28.2 Å². The van der Waals surface area contributed by atoms with Crippen LogP contribution in [0.15, 0.2) is 53.6 Å². The predicted molar refractivity (Wildman–Crippen MR) is 126 cm³/mol. The molecule has 32 heavy (non-hydrogen) atoms. The highest BCUT2D eigenvalue weighted by molar-refractivity contribution is 8.18. The van der Waals surface area contributed by atoms with Crippen molar-refractivity contribution in [2.24, 2.45) is 0 Å². The second kappa shape index (κ2) is 9.18. The van der Waals surface area contributed by atoms with E-state index in [2.05, 4.69) is 38.4 Å². The summed E-state index contributed by atoms with van der Waals surface area (Å²) in [5, 5.41) is 4.67. The van der Waals surface area contributed by atoms with Gasteiger partial charge >= 0.3 is 0 Å². The number of rotatable bonds is 5. The molecule has 0 radical (unpaired) electrons. The maximum atomic E-state index is 11.9. The first-order chi connectivity index (χ1) is 15.6. The van der Waals surface area contributed by atoms with Gasteiger partial charge in [0.1, 0.15) is 0 Å². The molecule has 4 heterocycles. The number of nitrogens with zero attached hydrogens (tertiary/aromatic N) is 4. The van der Waals surface area contributed by atoms with E-state index in [1.807, 2.05) is 18.2 Å². The molecule has 5 rings (SSSR count). The number of ketones is 1. The largest absolute Gasteiger partial charge is 0.339 e. The van der Waals surface area contributed by atoms with Crippen molar-refractivity contribution in [3.8, 4) is 0 Å². The lowest BCUT2D eigenvalue weighted by atomic mass is 10.1. The molecule has 1 N–H and O–H groups in total. The third kappa shape index (κ3) is 4.71. The lowest BCUT2D eigenvalue weighted by Crippen LogP contribution is -2.46. The monoisotopic (exact) mass is 445 g/mol. The third-order valence-corrected chi connectivity index (χ3v) is 6.62. The van der Waals surface area contributed by atoms with Gasteiger partial charge in [-0.25, -0.2) is 9.97 Å². The van der Waals surface area contributed by atoms with E-state index >= 15 is 0 Å². The average molecular weight is 446 g/mol. The van der Waals surface area contributed by atoms with Gasteiger partial charge in [0.25, 0.3) is 0 Å². The zero-order valence-corrected chi connectivity index (χ0v) is 18.3. The molecule has 0 bridgehead atoms. The number of hydrogen-bond acceptors (Lipinski definition) is 8. The summed E-state index contributed by atoms with van der Waals surface area (Å²) in [6.45, 7) is 2.40. The minimum Gasteiger partial charge on any atom is -0.339 e. The molecule has 2 saturated heterocycles. The number of nitrogens with one attached hydrogen (secondary N) is 1. The van der Waals surface area contributed by atoms with Gasteiger partial charge < -0.3 is 10.2 Å². The van der Waals surface area contributed by atoms with Gasteiger partial charge in [-0.3, -0.25) is 14.6 Å². The minimum atomic E-state index is -0.135. The van der Waals surface area contributed by atoms with Gasteiger partial charge in [-0.1, -0.05) is 24.3 Å². The number of anilines is 1. The fourth-order valence-electron chi connectivity index (χ4n) is 4.05. The van der Waals surface area contributed by atoms with Crippen LogP contribution in [0.1, 0.15) is 30.7 Å². The summed E-state index contributed by atoms with van der Waals surface area (Å²) in [6, 6.07) is 14.4. The van der Waals surface area contributed by atoms with Gasteiger partial charge in [0.2, 0.25) is 11.1 Å². The Morgan fingerprint density at radius 3 is 2.91 bits per heavy atom. The zero-order valence-electron chi connectivity index (χ0n) is 17.5. The molecule has 2 aliphatic rings. The fraction of sp³-hybridized carbons (Fsp3) is 0.292. The van der Waals surface area contributed by atoms with Crippen molar-refractivity contribution >= 4 is 45.6 Å². The smallest absolute Gasteiger partial charge is 0.225 e. The number of aromatic nitrogens is 3. The second-order valence-corrected chi connectivity index (χ2v) is 9.12. The number of Topliss-reactive ketones (excluding diaryl/α,β-unsaturated/α-hetero) is 1. The highest BCUT2D eigenvalue weighted by Gasteiger charge is 2.26. The molecule has 7 nitrogen and oxygen atoms in total. The van der Waals surface area contributed by atoms with E-state index in [0.29, 0.717) is 29.1 Å². The van der Waals surface area contributed by atoms with E-state index in [-0.39, 0.29) is 17.3 Å². The van der Waals surface area contributed by atoms with E-state index in [1.54, 1.807) is 18.3 Å². The molecule has 2 fully saturated rings. The Morgan fingerprint density at radius 2 is 2.03 bits per heavy atom. The van der Waals surface area contributed by atoms with Crippen molar-refractivity contribution in [1.82, 2.24) is 20.3 Å². The number of hydrogen-bond donors (Lipinski definition) is 1. The first kappa shape index (κ1) is 20.8. The Bertz CT molecular complexity index is 1210. The maximum Gasteiger partial charge on any atom is 0.225 e. The molecule has 2 aromatic heterocycles. The molecule has 0 saturated carbocycles. The number of piperidine rings is 1. The van der Waals surface area contributed by atoms with E-state index in [9.17, 15) is 9.59 Å². The highest BCUT2D eigenvalue weighted by atomic mass is 32.2. The molecule has 0 aliphatic carbocycles. The number of benzene rings is 1. The summed E-state index contributed by atoms with van der Waals surface area (Å²) in [5.74, 6) is 0.515. The Labute approximate surface area is 190 Å². The summed E-state index contributed by atoms with van der Waals surface area (Å²) < 4.78 is 0. The molecule has 162 valence electrons. The SMILES string of the molecule is O=C1CC(=O)/C(=C/c2ccnc(N3CCC[C@H](NCc4ccc5ccccc5n4)C3)n2)S1. The van der Waals surface area contributed by atoms with Crippen LogP contribution in [0.4, 0.5) is 5.95 Å². The Balaban J connectivity index is 1.24. The van der Waals surface area contributed by atoms with Crippen molar-refractivity contribution in [3.63, 3.8) is 0 Å². The number of carbonyl (C=O) groups is 2. The third-order valence-electron chi connectivity index (χ3n) is 5.68. The molecule has 1 atom stereocenters. The number of fused-ring (bicyclic) bond motifs is 1. The molecule has 0 spiro atoms. The van der Waals surface area contributed by atoms with Gasteiger partial charge in [-0.05, 0) is 48.9 Å². The predicted octanol–water partition coefficient (Wildman–Crippen LogP) is 3.36. The Kier molecular flexibility index (Phi) is 5.96. The van der Waals surface area contributed by atoms with Crippen molar-refractivity contribution in [2.45, 2.75) is 31.8 Å². The number of thioether (sulfide) groups is 1. The minimum absolute atomic E-state index is 0.0278. The average Bonchev–Trinajstić information content (AvgIpc) is 3.14. The summed E-state index contributed by atoms with van der Waals surface area (Å²) in [4.78, 5) is 39.8. The number of allylic oxidation sites excluding steroid dienone is 1. The maximum absolute atomic E-state index is 11.9. The van der Waals surface area contributed by atoms with Crippen molar-refractivity contribution in [3.05, 3.63) is 65.0 Å². The second-order valence-electron chi connectivity index (χ2n) is 8.03. The van der Waals surface area contributed by atoms with Crippen LogP contribution in [0.25, 0.3) is 17.0 Å². The Hall–Kier alpha value is -3.10. The molecular weight excluding hydrogens is 422 g/mol. The van der Waals surface area contributed by atoms with Crippen LogP contribution in [0.3, 0.4) is 0 Å². The number of carbonyl (C=O) groups excluding carboxylic acids is 2. The fourth-order valence-corrected chi connectivity index (χ4v) is 4.87. The van der Waals surface area contributed by atoms with Crippen LogP contribution in [0.2, 0.25) is 0 Å². The van der Waals surface area contributed by atoms with Gasteiger partial charge in [-0.2, -0.15) is 0 Å². The van der Waals surface area contributed by atoms with E-state index in [4.69, 9.17) is 4.98 Å². The molecule has 8 heteroatoms. The topological polar surface area (TPSA) is 88.1 Å². The van der Waals surface area contributed by atoms with Gasteiger partial charge in [0, 0.05) is 37.3 Å². The van der Waals surface area contributed by atoms with Crippen LogP contribution in [0, 0.1) is 0 Å². The van der Waals surface area contributed by atoms with Gasteiger partial charge in [-0.15, -0.1) is 0 Å². The van der Waals surface area contributed by atoms with E-state index < -0.39 is 0 Å². The first-order valence-electron chi connectivity index (χ1n) is 10.8. The molecule has 3 aromatic rings. The summed E-state index contributed by atoms with van der Waals surface area (Å²) in [6.07, 6.45) is 5.49. The summed E-state index contributed by atoms with van der Waals surface area (Å²) in [7, 11) is 0. The molecular formula is C24H23N5O2S.